The molecule has 0 spiro atoms. The van der Waals surface area contributed by atoms with Crippen molar-refractivity contribution in [3.8, 4) is 0 Å². The monoisotopic (exact) mass is 295 g/mol. The molecule has 1 aromatic carbocycles. The predicted octanol–water partition coefficient (Wildman–Crippen LogP) is 2.42. The van der Waals surface area contributed by atoms with Crippen LogP contribution in [0.15, 0.2) is 30.3 Å². The van der Waals surface area contributed by atoms with Gasteiger partial charge in [-0.3, -0.25) is 9.80 Å². The van der Waals surface area contributed by atoms with Gasteiger partial charge in [0.2, 0.25) is 0 Å². The number of benzene rings is 1. The number of hydrazine groups is 1. The molecule has 1 rings (SSSR count). The third kappa shape index (κ3) is 5.14. The quantitative estimate of drug-likeness (QED) is 0.621. The molecule has 0 aromatic heterocycles. The number of para-hydroxylation sites is 1. The fourth-order valence-corrected chi connectivity index (χ4v) is 2.39. The average molecular weight is 295 g/mol. The van der Waals surface area contributed by atoms with Crippen LogP contribution in [-0.4, -0.2) is 46.3 Å². The highest BCUT2D eigenvalue weighted by Crippen LogP contribution is 2.13. The smallest absolute Gasteiger partial charge is 0.303 e. The molecule has 0 aliphatic carbocycles. The van der Waals surface area contributed by atoms with Crippen LogP contribution in [0.2, 0.25) is 0 Å². The summed E-state index contributed by atoms with van der Waals surface area (Å²) in [6, 6.07) is 9.67. The third-order valence-electron chi connectivity index (χ3n) is 2.86. The first-order chi connectivity index (χ1) is 9.41. The Hall–Kier alpha value is -1.66. The highest BCUT2D eigenvalue weighted by molar-refractivity contribution is 7.80. The molecule has 5 nitrogen and oxygen atoms in total. The molecule has 0 radical (unpaired) electrons. The Morgan fingerprint density at radius 1 is 1.35 bits per heavy atom. The maximum atomic E-state index is 10.7. The van der Waals surface area contributed by atoms with Crippen molar-refractivity contribution in [2.45, 2.75) is 25.8 Å². The molecule has 1 unspecified atom stereocenters. The minimum atomic E-state index is -0.794. The van der Waals surface area contributed by atoms with Gasteiger partial charge in [-0.2, -0.15) is 0 Å². The van der Waals surface area contributed by atoms with E-state index >= 15 is 0 Å². The van der Waals surface area contributed by atoms with Crippen molar-refractivity contribution in [3.63, 3.8) is 0 Å². The molecule has 1 aromatic rings. The van der Waals surface area contributed by atoms with Gasteiger partial charge in [0, 0.05) is 32.2 Å². The third-order valence-corrected chi connectivity index (χ3v) is 3.15. The van der Waals surface area contributed by atoms with E-state index in [2.05, 4.69) is 5.32 Å². The number of nitrogens with one attached hydrogen (secondary N) is 1. The Morgan fingerprint density at radius 2 is 1.95 bits per heavy atom. The van der Waals surface area contributed by atoms with Gasteiger partial charge in [-0.1, -0.05) is 18.2 Å². The van der Waals surface area contributed by atoms with E-state index in [4.69, 9.17) is 17.3 Å². The number of hydrogen-bond donors (Lipinski definition) is 2. The number of aliphatic carboxylic acids is 1. The number of hydrogen-bond acceptors (Lipinski definition) is 3. The maximum Gasteiger partial charge on any atom is 0.303 e. The number of anilines is 1. The number of rotatable bonds is 6. The van der Waals surface area contributed by atoms with E-state index in [0.29, 0.717) is 11.5 Å². The van der Waals surface area contributed by atoms with Crippen molar-refractivity contribution in [1.29, 1.82) is 0 Å². The lowest BCUT2D eigenvalue weighted by Gasteiger charge is -2.36. The van der Waals surface area contributed by atoms with Crippen molar-refractivity contribution in [2.24, 2.45) is 0 Å². The van der Waals surface area contributed by atoms with Crippen molar-refractivity contribution in [1.82, 2.24) is 10.0 Å². The first-order valence-corrected chi connectivity index (χ1v) is 6.87. The van der Waals surface area contributed by atoms with Crippen LogP contribution in [0.5, 0.6) is 0 Å². The van der Waals surface area contributed by atoms with Crippen LogP contribution < -0.4 is 5.32 Å². The second-order valence-corrected chi connectivity index (χ2v) is 5.16. The predicted molar refractivity (Wildman–Crippen MR) is 84.5 cm³/mol. The second-order valence-electron chi connectivity index (χ2n) is 4.77. The number of carboxylic acid groups (broad SMARTS) is 1. The van der Waals surface area contributed by atoms with Crippen molar-refractivity contribution in [2.75, 3.05) is 19.4 Å². The van der Waals surface area contributed by atoms with E-state index in [1.54, 1.807) is 0 Å². The first kappa shape index (κ1) is 16.4. The highest BCUT2D eigenvalue weighted by Gasteiger charge is 2.20. The minimum Gasteiger partial charge on any atom is -0.481 e. The van der Waals surface area contributed by atoms with Gasteiger partial charge in [-0.25, -0.2) is 5.01 Å². The Bertz CT molecular complexity index is 451. The minimum absolute atomic E-state index is 0.00446. The molecule has 0 fully saturated rings. The molecule has 0 heterocycles. The summed E-state index contributed by atoms with van der Waals surface area (Å²) in [5, 5.41) is 16.2. The van der Waals surface area contributed by atoms with Crippen molar-refractivity contribution < 1.29 is 9.90 Å². The number of thiocarbonyl (C=S) groups is 1. The fourth-order valence-electron chi connectivity index (χ4n) is 1.93. The summed E-state index contributed by atoms with van der Waals surface area (Å²) in [5.74, 6) is -0.794. The van der Waals surface area contributed by atoms with E-state index in [9.17, 15) is 4.79 Å². The van der Waals surface area contributed by atoms with E-state index in [1.807, 2.05) is 61.4 Å². The summed E-state index contributed by atoms with van der Waals surface area (Å²) in [4.78, 5) is 10.7. The molecule has 6 heteroatoms. The summed E-state index contributed by atoms with van der Waals surface area (Å²) < 4.78 is 0. The summed E-state index contributed by atoms with van der Waals surface area (Å²) in [6.07, 6.45) is 0.656. The number of carboxylic acids is 1. The van der Waals surface area contributed by atoms with Crippen LogP contribution in [0, 0.1) is 0 Å². The fraction of sp³-hybridized carbons (Fsp3) is 0.429. The normalized spacial score (nSPS) is 12.0. The summed E-state index contributed by atoms with van der Waals surface area (Å²) in [6.45, 7) is 1.96. The lowest BCUT2D eigenvalue weighted by molar-refractivity contribution is -0.137. The van der Waals surface area contributed by atoms with Crippen molar-refractivity contribution >= 4 is 29.0 Å². The molecule has 0 saturated heterocycles. The largest absolute Gasteiger partial charge is 0.481 e. The summed E-state index contributed by atoms with van der Waals surface area (Å²) in [5.41, 5.74) is 0.912. The van der Waals surface area contributed by atoms with Crippen LogP contribution in [-0.2, 0) is 4.79 Å². The Kier molecular flexibility index (Phi) is 6.41. The van der Waals surface area contributed by atoms with Crippen LogP contribution in [0.3, 0.4) is 0 Å². The van der Waals surface area contributed by atoms with Gasteiger partial charge in [0.25, 0.3) is 0 Å². The average Bonchev–Trinajstić information content (AvgIpc) is 2.37. The van der Waals surface area contributed by atoms with E-state index in [1.165, 1.54) is 0 Å². The van der Waals surface area contributed by atoms with Crippen molar-refractivity contribution in [3.05, 3.63) is 30.3 Å². The molecule has 0 aliphatic rings. The van der Waals surface area contributed by atoms with Gasteiger partial charge in [-0.05, 0) is 37.7 Å². The van der Waals surface area contributed by atoms with Gasteiger partial charge in [-0.15, -0.1) is 0 Å². The molecular weight excluding hydrogens is 274 g/mol. The zero-order valence-corrected chi connectivity index (χ0v) is 12.9. The molecular formula is C14H21N3O2S. The van der Waals surface area contributed by atoms with Gasteiger partial charge in [0.05, 0.1) is 0 Å². The molecule has 110 valence electrons. The lowest BCUT2D eigenvalue weighted by atomic mass is 10.2. The van der Waals surface area contributed by atoms with Crippen LogP contribution >= 0.6 is 12.2 Å². The Labute approximate surface area is 125 Å². The summed E-state index contributed by atoms with van der Waals surface area (Å²) in [7, 11) is 3.77. The molecule has 0 amide bonds. The highest BCUT2D eigenvalue weighted by atomic mass is 32.1. The zero-order chi connectivity index (χ0) is 15.1. The standard InChI is InChI=1S/C14H21N3O2S/c1-11(9-10-13(18)19)17(16(2)3)14(20)15-12-7-5-4-6-8-12/h4-8,11H,9-10H2,1-3H3,(H,15,20)(H,18,19). The molecule has 1 atom stereocenters. The molecule has 2 N–H and O–H groups in total. The maximum absolute atomic E-state index is 10.7. The van der Waals surface area contributed by atoms with Gasteiger partial charge >= 0.3 is 5.97 Å². The van der Waals surface area contributed by atoms with Crippen LogP contribution in [0.25, 0.3) is 0 Å². The lowest BCUT2D eigenvalue weighted by Crippen LogP contribution is -2.49. The number of nitrogens with zero attached hydrogens (tertiary/aromatic N) is 2. The van der Waals surface area contributed by atoms with Gasteiger partial charge in [0.1, 0.15) is 0 Å². The Balaban J connectivity index is 2.69. The van der Waals surface area contributed by atoms with E-state index in [-0.39, 0.29) is 12.5 Å². The van der Waals surface area contributed by atoms with Crippen LogP contribution in [0.4, 0.5) is 5.69 Å². The van der Waals surface area contributed by atoms with E-state index in [0.717, 1.165) is 5.69 Å². The number of carbonyl (C=O) groups is 1. The Morgan fingerprint density at radius 3 is 2.45 bits per heavy atom. The van der Waals surface area contributed by atoms with Crippen LogP contribution in [0.1, 0.15) is 19.8 Å². The molecule has 0 aliphatic heterocycles. The topological polar surface area (TPSA) is 55.8 Å². The summed E-state index contributed by atoms with van der Waals surface area (Å²) >= 11 is 5.42. The zero-order valence-electron chi connectivity index (χ0n) is 12.0. The van der Waals surface area contributed by atoms with Gasteiger partial charge < -0.3 is 10.4 Å². The first-order valence-electron chi connectivity index (χ1n) is 6.46. The van der Waals surface area contributed by atoms with E-state index < -0.39 is 5.97 Å². The second kappa shape index (κ2) is 7.81. The molecule has 0 saturated carbocycles. The molecule has 20 heavy (non-hydrogen) atoms. The van der Waals surface area contributed by atoms with Gasteiger partial charge in [0.15, 0.2) is 5.11 Å². The SMILES string of the molecule is CC(CCC(=O)O)N(C(=S)Nc1ccccc1)N(C)C. The molecule has 0 bridgehead atoms.